The lowest BCUT2D eigenvalue weighted by atomic mass is 10.2. The first-order valence-corrected chi connectivity index (χ1v) is 10.6. The fourth-order valence-corrected chi connectivity index (χ4v) is 5.26. The zero-order chi connectivity index (χ0) is 17.4. The summed E-state index contributed by atoms with van der Waals surface area (Å²) in [6.45, 7) is 0. The molecule has 1 aliphatic rings. The molecule has 1 aliphatic heterocycles. The topological polar surface area (TPSA) is 89.8 Å². The number of hydrogen-bond donors (Lipinski definition) is 1. The molecular weight excluding hydrogens is 358 g/mol. The molecule has 4 rings (SSSR count). The molecule has 1 fully saturated rings. The van der Waals surface area contributed by atoms with Gasteiger partial charge >= 0.3 is 0 Å². The van der Waals surface area contributed by atoms with E-state index in [0.717, 1.165) is 10.7 Å². The van der Waals surface area contributed by atoms with E-state index in [4.69, 9.17) is 0 Å². The first-order valence-electron chi connectivity index (χ1n) is 7.92. The fraction of sp³-hybridized carbons (Fsp3) is 0.312. The van der Waals surface area contributed by atoms with Crippen LogP contribution in [0.2, 0.25) is 0 Å². The minimum Gasteiger partial charge on any atom is -0.365 e. The second-order valence-electron chi connectivity index (χ2n) is 5.91. The number of benzene rings is 1. The summed E-state index contributed by atoms with van der Waals surface area (Å²) in [5, 5.41) is 10.3. The Kier molecular flexibility index (Phi) is 4.04. The van der Waals surface area contributed by atoms with E-state index in [1.165, 1.54) is 11.3 Å². The second kappa shape index (κ2) is 6.23. The number of nitrogens with zero attached hydrogens (tertiary/aromatic N) is 4. The maximum Gasteiger partial charge on any atom is 0.183 e. The standard InChI is InChI=1S/C16H17N5O2S2/c1-17-16-18-13(9-24-16)15-19-14(11-5-3-2-4-6-11)20-21(15)12-7-8-25(22,23)10-12/h2-6,9,12H,7-8,10H2,1H3,(H,17,18). The fourth-order valence-electron chi connectivity index (χ4n) is 2.92. The van der Waals surface area contributed by atoms with Gasteiger partial charge in [0.25, 0.3) is 0 Å². The van der Waals surface area contributed by atoms with E-state index in [1.54, 1.807) is 4.68 Å². The third-order valence-corrected chi connectivity index (χ3v) is 6.77. The Morgan fingerprint density at radius 2 is 2.04 bits per heavy atom. The highest BCUT2D eigenvalue weighted by atomic mass is 32.2. The molecule has 1 saturated heterocycles. The van der Waals surface area contributed by atoms with Gasteiger partial charge in [0, 0.05) is 18.0 Å². The van der Waals surface area contributed by atoms with E-state index in [9.17, 15) is 8.42 Å². The Bertz CT molecular complexity index is 995. The molecule has 3 heterocycles. The monoisotopic (exact) mass is 375 g/mol. The number of rotatable bonds is 4. The first kappa shape index (κ1) is 16.2. The molecule has 130 valence electrons. The number of anilines is 1. The molecule has 0 bridgehead atoms. The van der Waals surface area contributed by atoms with Crippen LogP contribution < -0.4 is 5.32 Å². The van der Waals surface area contributed by atoms with Gasteiger partial charge in [0.1, 0.15) is 5.69 Å². The highest BCUT2D eigenvalue weighted by Gasteiger charge is 2.32. The largest absolute Gasteiger partial charge is 0.365 e. The molecule has 0 aliphatic carbocycles. The zero-order valence-corrected chi connectivity index (χ0v) is 15.2. The van der Waals surface area contributed by atoms with Gasteiger partial charge in [0.05, 0.1) is 17.5 Å². The molecular formula is C16H17N5O2S2. The molecule has 0 radical (unpaired) electrons. The van der Waals surface area contributed by atoms with E-state index in [0.29, 0.717) is 23.8 Å². The van der Waals surface area contributed by atoms with E-state index < -0.39 is 9.84 Å². The smallest absolute Gasteiger partial charge is 0.183 e. The quantitative estimate of drug-likeness (QED) is 0.753. The third kappa shape index (κ3) is 3.16. The van der Waals surface area contributed by atoms with Gasteiger partial charge in [-0.15, -0.1) is 11.3 Å². The molecule has 2 aromatic heterocycles. The summed E-state index contributed by atoms with van der Waals surface area (Å²) >= 11 is 1.48. The summed E-state index contributed by atoms with van der Waals surface area (Å²) in [7, 11) is -1.20. The Morgan fingerprint density at radius 1 is 1.24 bits per heavy atom. The normalized spacial score (nSPS) is 19.2. The zero-order valence-electron chi connectivity index (χ0n) is 13.6. The summed E-state index contributed by atoms with van der Waals surface area (Å²) in [4.78, 5) is 9.17. The summed E-state index contributed by atoms with van der Waals surface area (Å²) in [5.41, 5.74) is 1.60. The van der Waals surface area contributed by atoms with Gasteiger partial charge in [0.2, 0.25) is 0 Å². The maximum atomic E-state index is 11.9. The van der Waals surface area contributed by atoms with Gasteiger partial charge in [-0.3, -0.25) is 0 Å². The van der Waals surface area contributed by atoms with Crippen LogP contribution in [0.15, 0.2) is 35.7 Å². The predicted molar refractivity (Wildman–Crippen MR) is 98.4 cm³/mol. The van der Waals surface area contributed by atoms with Crippen molar-refractivity contribution in [3.8, 4) is 22.9 Å². The van der Waals surface area contributed by atoms with E-state index in [1.807, 2.05) is 42.8 Å². The average Bonchev–Trinajstić information content (AvgIpc) is 3.32. The Hall–Kier alpha value is -2.26. The molecule has 0 saturated carbocycles. The highest BCUT2D eigenvalue weighted by Crippen LogP contribution is 2.31. The molecule has 1 aromatic carbocycles. The molecule has 1 atom stereocenters. The van der Waals surface area contributed by atoms with Crippen LogP contribution in [0.1, 0.15) is 12.5 Å². The molecule has 3 aromatic rings. The second-order valence-corrected chi connectivity index (χ2v) is 9.00. The van der Waals surface area contributed by atoms with Crippen molar-refractivity contribution in [2.45, 2.75) is 12.5 Å². The van der Waals surface area contributed by atoms with E-state index in [2.05, 4.69) is 20.4 Å². The van der Waals surface area contributed by atoms with Gasteiger partial charge in [-0.2, -0.15) is 5.10 Å². The molecule has 1 N–H and O–H groups in total. The summed E-state index contributed by atoms with van der Waals surface area (Å²) in [6.07, 6.45) is 0.552. The van der Waals surface area contributed by atoms with Crippen LogP contribution in [-0.2, 0) is 9.84 Å². The van der Waals surface area contributed by atoms with Gasteiger partial charge in [-0.1, -0.05) is 30.3 Å². The molecule has 1 unspecified atom stereocenters. The minimum absolute atomic E-state index is 0.0978. The Morgan fingerprint density at radius 3 is 2.68 bits per heavy atom. The highest BCUT2D eigenvalue weighted by molar-refractivity contribution is 7.91. The van der Waals surface area contributed by atoms with Crippen LogP contribution in [0.3, 0.4) is 0 Å². The number of nitrogens with one attached hydrogen (secondary N) is 1. The predicted octanol–water partition coefficient (Wildman–Crippen LogP) is 2.47. The van der Waals surface area contributed by atoms with E-state index >= 15 is 0 Å². The van der Waals surface area contributed by atoms with Crippen LogP contribution in [0.5, 0.6) is 0 Å². The number of thiazole rings is 1. The van der Waals surface area contributed by atoms with Crippen molar-refractivity contribution in [1.29, 1.82) is 0 Å². The summed E-state index contributed by atoms with van der Waals surface area (Å²) < 4.78 is 25.5. The van der Waals surface area contributed by atoms with Crippen molar-refractivity contribution >= 4 is 26.3 Å². The summed E-state index contributed by atoms with van der Waals surface area (Å²) in [6, 6.07) is 9.47. The van der Waals surface area contributed by atoms with Crippen LogP contribution in [-0.4, -0.2) is 46.7 Å². The number of aromatic nitrogens is 4. The minimum atomic E-state index is -3.02. The lowest BCUT2D eigenvalue weighted by molar-refractivity contribution is 0.504. The van der Waals surface area contributed by atoms with Crippen molar-refractivity contribution in [2.75, 3.05) is 23.9 Å². The molecule has 7 nitrogen and oxygen atoms in total. The van der Waals surface area contributed by atoms with Crippen LogP contribution >= 0.6 is 11.3 Å². The van der Waals surface area contributed by atoms with Crippen molar-refractivity contribution in [1.82, 2.24) is 19.7 Å². The molecule has 25 heavy (non-hydrogen) atoms. The molecule has 9 heteroatoms. The van der Waals surface area contributed by atoms with Crippen LogP contribution in [0, 0.1) is 0 Å². The van der Waals surface area contributed by atoms with Crippen molar-refractivity contribution in [3.05, 3.63) is 35.7 Å². The maximum absolute atomic E-state index is 11.9. The average molecular weight is 375 g/mol. The van der Waals surface area contributed by atoms with Crippen LogP contribution in [0.4, 0.5) is 5.13 Å². The van der Waals surface area contributed by atoms with Gasteiger partial charge in [-0.25, -0.2) is 23.1 Å². The van der Waals surface area contributed by atoms with Crippen molar-refractivity contribution < 1.29 is 8.42 Å². The molecule has 0 spiro atoms. The number of sulfone groups is 1. The van der Waals surface area contributed by atoms with Crippen LogP contribution in [0.25, 0.3) is 22.9 Å². The Labute approximate surface area is 149 Å². The van der Waals surface area contributed by atoms with Crippen molar-refractivity contribution in [3.63, 3.8) is 0 Å². The lowest BCUT2D eigenvalue weighted by Gasteiger charge is -2.10. The van der Waals surface area contributed by atoms with Gasteiger partial charge < -0.3 is 5.32 Å². The summed E-state index contributed by atoms with van der Waals surface area (Å²) in [5.74, 6) is 1.48. The molecule has 0 amide bonds. The van der Waals surface area contributed by atoms with Gasteiger partial charge in [-0.05, 0) is 6.42 Å². The SMILES string of the molecule is CNc1nc(-c2nc(-c3ccccc3)nn2C2CCS(=O)(=O)C2)cs1. The third-order valence-electron chi connectivity index (χ3n) is 4.16. The van der Waals surface area contributed by atoms with E-state index in [-0.39, 0.29) is 17.5 Å². The number of hydrogen-bond acceptors (Lipinski definition) is 7. The Balaban J connectivity index is 1.81. The lowest BCUT2D eigenvalue weighted by Crippen LogP contribution is -2.14. The van der Waals surface area contributed by atoms with Crippen molar-refractivity contribution in [2.24, 2.45) is 0 Å². The first-order chi connectivity index (χ1) is 12.1. The van der Waals surface area contributed by atoms with Gasteiger partial charge in [0.15, 0.2) is 26.6 Å².